The summed E-state index contributed by atoms with van der Waals surface area (Å²) in [6, 6.07) is 0.0973. The molecule has 0 radical (unpaired) electrons. The molecule has 0 aliphatic carbocycles. The fourth-order valence-electron chi connectivity index (χ4n) is 3.47. The van der Waals surface area contributed by atoms with Crippen LogP contribution in [-0.4, -0.2) is 73.8 Å². The Morgan fingerprint density at radius 2 is 1.81 bits per heavy atom. The Balaban J connectivity index is 2.04. The van der Waals surface area contributed by atoms with Gasteiger partial charge in [-0.15, -0.1) is 0 Å². The van der Waals surface area contributed by atoms with E-state index in [9.17, 15) is 8.42 Å². The summed E-state index contributed by atoms with van der Waals surface area (Å²) in [4.78, 5) is 2.38. The highest BCUT2D eigenvalue weighted by atomic mass is 32.2. The minimum absolute atomic E-state index is 0.0260. The maximum Gasteiger partial charge on any atom is 0.282 e. The smallest absolute Gasteiger partial charge is 0.282 e. The number of hydrogen-bond acceptors (Lipinski definition) is 4. The molecular weight excluding hydrogens is 288 g/mol. The van der Waals surface area contributed by atoms with E-state index >= 15 is 0 Å². The first kappa shape index (κ1) is 17.1. The van der Waals surface area contributed by atoms with Gasteiger partial charge in [0.2, 0.25) is 0 Å². The Labute approximate surface area is 129 Å². The molecule has 0 saturated carbocycles. The second-order valence-electron chi connectivity index (χ2n) is 6.19. The lowest BCUT2D eigenvalue weighted by Crippen LogP contribution is -2.55. The maximum absolute atomic E-state index is 12.9. The van der Waals surface area contributed by atoms with E-state index in [0.717, 1.165) is 51.7 Å². The summed E-state index contributed by atoms with van der Waals surface area (Å²) < 4.78 is 29.0. The number of piperidine rings is 2. The van der Waals surface area contributed by atoms with E-state index in [2.05, 4.69) is 11.8 Å². The Kier molecular flexibility index (Phi) is 6.02. The number of nitrogens with two attached hydrogens (primary N) is 1. The molecule has 1 atom stereocenters. The Morgan fingerprint density at radius 1 is 1.14 bits per heavy atom. The van der Waals surface area contributed by atoms with Crippen molar-refractivity contribution in [2.45, 2.75) is 51.1 Å². The van der Waals surface area contributed by atoms with Gasteiger partial charge >= 0.3 is 0 Å². The SMILES string of the molecule is CCN1CCC(N(C)S(=O)(=O)N2CCCCC2CN)CC1. The van der Waals surface area contributed by atoms with Gasteiger partial charge in [-0.3, -0.25) is 0 Å². The highest BCUT2D eigenvalue weighted by molar-refractivity contribution is 7.86. The predicted molar refractivity (Wildman–Crippen MR) is 85.2 cm³/mol. The molecule has 2 heterocycles. The van der Waals surface area contributed by atoms with Gasteiger partial charge in [0.15, 0.2) is 0 Å². The van der Waals surface area contributed by atoms with Gasteiger partial charge in [0.25, 0.3) is 10.2 Å². The minimum Gasteiger partial charge on any atom is -0.329 e. The molecule has 0 aromatic carbocycles. The summed E-state index contributed by atoms with van der Waals surface area (Å²) in [7, 11) is -1.64. The normalized spacial score (nSPS) is 27.3. The van der Waals surface area contributed by atoms with Crippen molar-refractivity contribution in [3.63, 3.8) is 0 Å². The lowest BCUT2D eigenvalue weighted by Gasteiger charge is -2.41. The second kappa shape index (κ2) is 7.37. The fourth-order valence-corrected chi connectivity index (χ4v) is 5.31. The van der Waals surface area contributed by atoms with Crippen molar-refractivity contribution >= 4 is 10.2 Å². The molecular formula is C14H30N4O2S. The van der Waals surface area contributed by atoms with Crippen LogP contribution in [0.25, 0.3) is 0 Å². The van der Waals surface area contributed by atoms with Gasteiger partial charge in [-0.25, -0.2) is 0 Å². The number of rotatable bonds is 5. The van der Waals surface area contributed by atoms with E-state index in [1.54, 1.807) is 15.7 Å². The Hall–Kier alpha value is -0.210. The molecule has 6 nitrogen and oxygen atoms in total. The largest absolute Gasteiger partial charge is 0.329 e. The fraction of sp³-hybridized carbons (Fsp3) is 1.00. The van der Waals surface area contributed by atoms with Gasteiger partial charge in [0.05, 0.1) is 0 Å². The van der Waals surface area contributed by atoms with Crippen LogP contribution >= 0.6 is 0 Å². The van der Waals surface area contributed by atoms with E-state index < -0.39 is 10.2 Å². The van der Waals surface area contributed by atoms with Crippen LogP contribution in [0.4, 0.5) is 0 Å². The second-order valence-corrected chi connectivity index (χ2v) is 8.13. The zero-order chi connectivity index (χ0) is 15.5. The summed E-state index contributed by atoms with van der Waals surface area (Å²) in [6.45, 7) is 6.21. The number of likely N-dealkylation sites (tertiary alicyclic amines) is 1. The highest BCUT2D eigenvalue weighted by Crippen LogP contribution is 2.25. The molecule has 2 aliphatic heterocycles. The molecule has 0 aromatic heterocycles. The van der Waals surface area contributed by atoms with Crippen LogP contribution in [0.1, 0.15) is 39.0 Å². The van der Waals surface area contributed by atoms with Crippen LogP contribution in [-0.2, 0) is 10.2 Å². The zero-order valence-electron chi connectivity index (χ0n) is 13.4. The molecule has 7 heteroatoms. The number of hydrogen-bond donors (Lipinski definition) is 1. The maximum atomic E-state index is 12.9. The summed E-state index contributed by atoms with van der Waals surface area (Å²) in [5.41, 5.74) is 5.77. The third kappa shape index (κ3) is 3.76. The van der Waals surface area contributed by atoms with Crippen LogP contribution in [0.2, 0.25) is 0 Å². The van der Waals surface area contributed by atoms with Gasteiger partial charge in [-0.2, -0.15) is 17.0 Å². The van der Waals surface area contributed by atoms with Crippen LogP contribution in [0.15, 0.2) is 0 Å². The number of nitrogens with zero attached hydrogens (tertiary/aromatic N) is 3. The Bertz CT molecular complexity index is 421. The molecule has 0 bridgehead atoms. The van der Waals surface area contributed by atoms with Gasteiger partial charge < -0.3 is 10.6 Å². The van der Waals surface area contributed by atoms with E-state index in [1.165, 1.54) is 0 Å². The molecule has 2 saturated heterocycles. The molecule has 0 amide bonds. The zero-order valence-corrected chi connectivity index (χ0v) is 14.2. The monoisotopic (exact) mass is 318 g/mol. The van der Waals surface area contributed by atoms with Gasteiger partial charge in [0, 0.05) is 32.2 Å². The van der Waals surface area contributed by atoms with Crippen LogP contribution in [0.3, 0.4) is 0 Å². The summed E-state index contributed by atoms with van der Waals surface area (Å²) in [6.07, 6.45) is 4.75. The van der Waals surface area contributed by atoms with E-state index in [-0.39, 0.29) is 12.1 Å². The molecule has 0 aromatic rings. The van der Waals surface area contributed by atoms with Crippen molar-refractivity contribution in [3.8, 4) is 0 Å². The summed E-state index contributed by atoms with van der Waals surface area (Å²) >= 11 is 0. The molecule has 2 aliphatic rings. The van der Waals surface area contributed by atoms with Crippen molar-refractivity contribution in [1.82, 2.24) is 13.5 Å². The molecule has 1 unspecified atom stereocenters. The van der Waals surface area contributed by atoms with E-state index in [4.69, 9.17) is 5.73 Å². The molecule has 2 N–H and O–H groups in total. The lowest BCUT2D eigenvalue weighted by molar-refractivity contribution is 0.164. The first-order chi connectivity index (χ1) is 10.0. The average Bonchev–Trinajstić information content (AvgIpc) is 2.54. The standard InChI is InChI=1S/C14H30N4O2S/c1-3-17-10-7-13(8-11-17)16(2)21(19,20)18-9-5-4-6-14(18)12-15/h13-14H,3-12,15H2,1-2H3. The first-order valence-electron chi connectivity index (χ1n) is 8.18. The van der Waals surface area contributed by atoms with Crippen LogP contribution in [0.5, 0.6) is 0 Å². The van der Waals surface area contributed by atoms with Gasteiger partial charge in [-0.1, -0.05) is 13.3 Å². The first-order valence-corrected chi connectivity index (χ1v) is 9.57. The van der Waals surface area contributed by atoms with Gasteiger partial charge in [0.1, 0.15) is 0 Å². The van der Waals surface area contributed by atoms with Crippen LogP contribution < -0.4 is 5.73 Å². The molecule has 2 rings (SSSR count). The summed E-state index contributed by atoms with van der Waals surface area (Å²) in [5.74, 6) is 0. The third-order valence-corrected chi connectivity index (χ3v) is 7.12. The predicted octanol–water partition coefficient (Wildman–Crippen LogP) is 0.461. The molecule has 21 heavy (non-hydrogen) atoms. The van der Waals surface area contributed by atoms with E-state index in [1.807, 2.05) is 0 Å². The minimum atomic E-state index is -3.38. The quantitative estimate of drug-likeness (QED) is 0.799. The molecule has 124 valence electrons. The van der Waals surface area contributed by atoms with Gasteiger partial charge in [-0.05, 0) is 45.3 Å². The Morgan fingerprint density at radius 3 is 2.38 bits per heavy atom. The van der Waals surface area contributed by atoms with Crippen LogP contribution in [0, 0.1) is 0 Å². The third-order valence-electron chi connectivity index (χ3n) is 5.02. The lowest BCUT2D eigenvalue weighted by atomic mass is 10.1. The van der Waals surface area contributed by atoms with E-state index in [0.29, 0.717) is 13.1 Å². The van der Waals surface area contributed by atoms with Crippen molar-refractivity contribution in [3.05, 3.63) is 0 Å². The topological polar surface area (TPSA) is 69.9 Å². The highest BCUT2D eigenvalue weighted by Gasteiger charge is 2.37. The van der Waals surface area contributed by atoms with Crippen molar-refractivity contribution in [1.29, 1.82) is 0 Å². The van der Waals surface area contributed by atoms with Crippen molar-refractivity contribution in [2.24, 2.45) is 5.73 Å². The average molecular weight is 318 g/mol. The molecule has 2 fully saturated rings. The van der Waals surface area contributed by atoms with Crippen molar-refractivity contribution in [2.75, 3.05) is 39.8 Å². The molecule has 0 spiro atoms. The van der Waals surface area contributed by atoms with Crippen molar-refractivity contribution < 1.29 is 8.42 Å². The summed E-state index contributed by atoms with van der Waals surface area (Å²) in [5, 5.41) is 0.